The number of carbonyl (C=O) groups is 1. The summed E-state index contributed by atoms with van der Waals surface area (Å²) in [7, 11) is 3.39. The standard InChI is InChI=1S/C13H13BrN2O2/c1-16-6-5-12(15-16)13(17)8-9-7-10(18-2)3-4-11(9)14/h3-7H,8H2,1-2H3. The van der Waals surface area contributed by atoms with Crippen molar-refractivity contribution in [1.82, 2.24) is 9.78 Å². The number of ether oxygens (including phenoxy) is 1. The van der Waals surface area contributed by atoms with Crippen LogP contribution in [0.4, 0.5) is 0 Å². The number of hydrogen-bond donors (Lipinski definition) is 0. The molecule has 1 aromatic carbocycles. The Labute approximate surface area is 114 Å². The molecule has 2 rings (SSSR count). The van der Waals surface area contributed by atoms with E-state index in [4.69, 9.17) is 4.74 Å². The zero-order valence-corrected chi connectivity index (χ0v) is 11.8. The monoisotopic (exact) mass is 308 g/mol. The van der Waals surface area contributed by atoms with Crippen molar-refractivity contribution in [2.75, 3.05) is 7.11 Å². The zero-order valence-electron chi connectivity index (χ0n) is 10.2. The lowest BCUT2D eigenvalue weighted by Gasteiger charge is -2.06. The van der Waals surface area contributed by atoms with E-state index in [-0.39, 0.29) is 5.78 Å². The lowest BCUT2D eigenvalue weighted by molar-refractivity contribution is 0.0987. The molecular formula is C13H13BrN2O2. The predicted molar refractivity (Wildman–Crippen MR) is 71.9 cm³/mol. The topological polar surface area (TPSA) is 44.1 Å². The third-order valence-electron chi connectivity index (χ3n) is 2.60. The first kappa shape index (κ1) is 12.8. The number of aromatic nitrogens is 2. The van der Waals surface area contributed by atoms with Gasteiger partial charge in [0.15, 0.2) is 5.78 Å². The van der Waals surface area contributed by atoms with E-state index in [9.17, 15) is 4.79 Å². The van der Waals surface area contributed by atoms with E-state index >= 15 is 0 Å². The van der Waals surface area contributed by atoms with Crippen LogP contribution in [0.1, 0.15) is 16.1 Å². The molecule has 0 unspecified atom stereocenters. The molecule has 5 heteroatoms. The van der Waals surface area contributed by atoms with Crippen LogP contribution < -0.4 is 4.74 Å². The first-order valence-corrected chi connectivity index (χ1v) is 6.24. The number of Topliss-reactive ketones (excluding diaryl/α,β-unsaturated/α-hetero) is 1. The van der Waals surface area contributed by atoms with Crippen molar-refractivity contribution in [2.24, 2.45) is 7.05 Å². The Hall–Kier alpha value is -1.62. The molecule has 0 amide bonds. The smallest absolute Gasteiger partial charge is 0.187 e. The maximum atomic E-state index is 12.0. The van der Waals surface area contributed by atoms with Gasteiger partial charge < -0.3 is 4.74 Å². The summed E-state index contributed by atoms with van der Waals surface area (Å²) in [4.78, 5) is 12.0. The van der Waals surface area contributed by atoms with E-state index in [1.807, 2.05) is 18.2 Å². The van der Waals surface area contributed by atoms with Gasteiger partial charge in [0.1, 0.15) is 11.4 Å². The van der Waals surface area contributed by atoms with Gasteiger partial charge in [0.25, 0.3) is 0 Å². The molecule has 0 aliphatic heterocycles. The van der Waals surface area contributed by atoms with Gasteiger partial charge in [-0.15, -0.1) is 0 Å². The first-order valence-electron chi connectivity index (χ1n) is 5.45. The lowest BCUT2D eigenvalue weighted by Crippen LogP contribution is -2.06. The third kappa shape index (κ3) is 2.79. The molecule has 0 N–H and O–H groups in total. The number of nitrogens with zero attached hydrogens (tertiary/aromatic N) is 2. The van der Waals surface area contributed by atoms with Crippen molar-refractivity contribution in [2.45, 2.75) is 6.42 Å². The fourth-order valence-electron chi connectivity index (χ4n) is 1.64. The van der Waals surface area contributed by atoms with E-state index in [0.717, 1.165) is 15.8 Å². The summed E-state index contributed by atoms with van der Waals surface area (Å²) < 4.78 is 7.66. The Kier molecular flexibility index (Phi) is 3.81. The second-order valence-corrected chi connectivity index (χ2v) is 4.79. The van der Waals surface area contributed by atoms with Gasteiger partial charge in [-0.25, -0.2) is 0 Å². The molecule has 94 valence electrons. The van der Waals surface area contributed by atoms with Crippen molar-refractivity contribution in [3.05, 3.63) is 46.2 Å². The van der Waals surface area contributed by atoms with Gasteiger partial charge in [0.2, 0.25) is 0 Å². The highest BCUT2D eigenvalue weighted by Crippen LogP contribution is 2.23. The minimum atomic E-state index is -0.00967. The molecule has 0 aliphatic carbocycles. The molecule has 0 radical (unpaired) electrons. The van der Waals surface area contributed by atoms with E-state index in [2.05, 4.69) is 21.0 Å². The van der Waals surface area contributed by atoms with E-state index in [1.54, 1.807) is 31.1 Å². The summed E-state index contributed by atoms with van der Waals surface area (Å²) in [6.07, 6.45) is 2.06. The van der Waals surface area contributed by atoms with Crippen molar-refractivity contribution in [3.8, 4) is 5.75 Å². The summed E-state index contributed by atoms with van der Waals surface area (Å²) in [6, 6.07) is 7.29. The highest BCUT2D eigenvalue weighted by atomic mass is 79.9. The zero-order chi connectivity index (χ0) is 13.1. The summed E-state index contributed by atoms with van der Waals surface area (Å²) >= 11 is 3.43. The Bertz CT molecular complexity index is 578. The lowest BCUT2D eigenvalue weighted by atomic mass is 10.1. The maximum absolute atomic E-state index is 12.0. The van der Waals surface area contributed by atoms with Gasteiger partial charge in [-0.2, -0.15) is 5.10 Å². The molecule has 1 heterocycles. The Morgan fingerprint density at radius 3 is 2.83 bits per heavy atom. The molecule has 4 nitrogen and oxygen atoms in total. The Morgan fingerprint density at radius 2 is 2.22 bits per heavy atom. The maximum Gasteiger partial charge on any atom is 0.187 e. The molecule has 18 heavy (non-hydrogen) atoms. The van der Waals surface area contributed by atoms with Gasteiger partial charge in [-0.3, -0.25) is 9.48 Å². The van der Waals surface area contributed by atoms with Gasteiger partial charge in [-0.05, 0) is 29.8 Å². The molecule has 0 saturated carbocycles. The van der Waals surface area contributed by atoms with Crippen LogP contribution in [-0.2, 0) is 13.5 Å². The van der Waals surface area contributed by atoms with Crippen molar-refractivity contribution in [1.29, 1.82) is 0 Å². The number of rotatable bonds is 4. The molecular weight excluding hydrogens is 296 g/mol. The minimum Gasteiger partial charge on any atom is -0.497 e. The molecule has 1 aromatic heterocycles. The SMILES string of the molecule is COc1ccc(Br)c(CC(=O)c2ccn(C)n2)c1. The van der Waals surface area contributed by atoms with Gasteiger partial charge in [-0.1, -0.05) is 15.9 Å². The molecule has 0 bridgehead atoms. The second kappa shape index (κ2) is 5.35. The minimum absolute atomic E-state index is 0.00967. The normalized spacial score (nSPS) is 10.4. The third-order valence-corrected chi connectivity index (χ3v) is 3.38. The molecule has 0 fully saturated rings. The molecule has 2 aromatic rings. The molecule has 0 saturated heterocycles. The van der Waals surface area contributed by atoms with Crippen LogP contribution >= 0.6 is 15.9 Å². The largest absolute Gasteiger partial charge is 0.497 e. The number of ketones is 1. The number of aryl methyl sites for hydroxylation is 1. The average molecular weight is 309 g/mol. The fraction of sp³-hybridized carbons (Fsp3) is 0.231. The fourth-order valence-corrected chi connectivity index (χ4v) is 2.03. The van der Waals surface area contributed by atoms with Gasteiger partial charge >= 0.3 is 0 Å². The molecule has 0 atom stereocenters. The van der Waals surface area contributed by atoms with E-state index in [1.165, 1.54) is 0 Å². The molecule has 0 aliphatic rings. The summed E-state index contributed by atoms with van der Waals surface area (Å²) in [5.41, 5.74) is 1.37. The van der Waals surface area contributed by atoms with E-state index < -0.39 is 0 Å². The van der Waals surface area contributed by atoms with Crippen LogP contribution in [0.25, 0.3) is 0 Å². The van der Waals surface area contributed by atoms with Crippen LogP contribution in [0, 0.1) is 0 Å². The van der Waals surface area contributed by atoms with E-state index in [0.29, 0.717) is 12.1 Å². The number of carbonyl (C=O) groups excluding carboxylic acids is 1. The van der Waals surface area contributed by atoms with Gasteiger partial charge in [0, 0.05) is 24.1 Å². The summed E-state index contributed by atoms with van der Waals surface area (Å²) in [6.45, 7) is 0. The highest BCUT2D eigenvalue weighted by molar-refractivity contribution is 9.10. The second-order valence-electron chi connectivity index (χ2n) is 3.93. The number of methoxy groups -OCH3 is 1. The first-order chi connectivity index (χ1) is 8.60. The van der Waals surface area contributed by atoms with Crippen LogP contribution in [-0.4, -0.2) is 22.7 Å². The summed E-state index contributed by atoms with van der Waals surface area (Å²) in [5, 5.41) is 4.10. The van der Waals surface area contributed by atoms with Crippen molar-refractivity contribution < 1.29 is 9.53 Å². The predicted octanol–water partition coefficient (Wildman–Crippen LogP) is 2.62. The van der Waals surface area contributed by atoms with Crippen molar-refractivity contribution in [3.63, 3.8) is 0 Å². The van der Waals surface area contributed by atoms with Crippen molar-refractivity contribution >= 4 is 21.7 Å². The van der Waals surface area contributed by atoms with Crippen LogP contribution in [0.5, 0.6) is 5.75 Å². The highest BCUT2D eigenvalue weighted by Gasteiger charge is 2.12. The quantitative estimate of drug-likeness (QED) is 0.816. The van der Waals surface area contributed by atoms with Crippen LogP contribution in [0.3, 0.4) is 0 Å². The number of hydrogen-bond acceptors (Lipinski definition) is 3. The van der Waals surface area contributed by atoms with Crippen LogP contribution in [0.2, 0.25) is 0 Å². The average Bonchev–Trinajstić information content (AvgIpc) is 2.79. The Balaban J connectivity index is 2.21. The summed E-state index contributed by atoms with van der Waals surface area (Å²) in [5.74, 6) is 0.728. The van der Waals surface area contributed by atoms with Gasteiger partial charge in [0.05, 0.1) is 7.11 Å². The Morgan fingerprint density at radius 1 is 1.44 bits per heavy atom. The van der Waals surface area contributed by atoms with Crippen LogP contribution in [0.15, 0.2) is 34.9 Å². The molecule has 0 spiro atoms. The number of benzene rings is 1. The number of halogens is 1.